The van der Waals surface area contributed by atoms with Crippen molar-refractivity contribution in [3.05, 3.63) is 62.8 Å². The van der Waals surface area contributed by atoms with Crippen LogP contribution in [-0.2, 0) is 10.0 Å². The van der Waals surface area contributed by atoms with Crippen LogP contribution in [0.5, 0.6) is 0 Å². The fraction of sp³-hybridized carbons (Fsp3) is 0.381. The number of hydrogen-bond donors (Lipinski definition) is 1. The molecule has 1 N–H and O–H groups in total. The van der Waals surface area contributed by atoms with Gasteiger partial charge in [0.05, 0.1) is 15.1 Å². The zero-order valence-electron chi connectivity index (χ0n) is 16.8. The predicted octanol–water partition coefficient (Wildman–Crippen LogP) is 4.69. The summed E-state index contributed by atoms with van der Waals surface area (Å²) in [6.45, 7) is 9.90. The number of nitrogens with zero attached hydrogens (tertiary/aromatic N) is 1. The van der Waals surface area contributed by atoms with Crippen molar-refractivity contribution in [2.75, 3.05) is 0 Å². The van der Waals surface area contributed by atoms with Gasteiger partial charge in [0.25, 0.3) is 0 Å². The first-order chi connectivity index (χ1) is 13.1. The standard InChI is InChI=1S/C21H26N2O3S2/c1-6-18(16-8-7-14(4)15(5)11-16)22-28(25,26)17-9-10-19-20(12-17)27-21(24)23(19)13(2)3/h7-13,18,22H,6H2,1-5H3/t18-/m1/s1. The quantitative estimate of drug-likeness (QED) is 0.631. The van der Waals surface area contributed by atoms with Gasteiger partial charge in [-0.1, -0.05) is 36.5 Å². The summed E-state index contributed by atoms with van der Waals surface area (Å²) in [7, 11) is -3.71. The van der Waals surface area contributed by atoms with Gasteiger partial charge < -0.3 is 0 Å². The molecule has 0 aliphatic rings. The molecule has 1 atom stereocenters. The molecular formula is C21H26N2O3S2. The molecule has 5 nitrogen and oxygen atoms in total. The first-order valence-electron chi connectivity index (χ1n) is 9.38. The van der Waals surface area contributed by atoms with Gasteiger partial charge in [-0.15, -0.1) is 0 Å². The number of benzene rings is 2. The van der Waals surface area contributed by atoms with Crippen LogP contribution in [0.25, 0.3) is 10.2 Å². The molecule has 1 aromatic heterocycles. The second kappa shape index (κ2) is 7.81. The largest absolute Gasteiger partial charge is 0.308 e. The lowest BCUT2D eigenvalue weighted by Crippen LogP contribution is -2.28. The molecule has 7 heteroatoms. The lowest BCUT2D eigenvalue weighted by Gasteiger charge is -2.19. The highest BCUT2D eigenvalue weighted by molar-refractivity contribution is 7.89. The van der Waals surface area contributed by atoms with E-state index in [0.717, 1.165) is 28.0 Å². The van der Waals surface area contributed by atoms with Gasteiger partial charge in [-0.05, 0) is 69.0 Å². The van der Waals surface area contributed by atoms with Crippen molar-refractivity contribution < 1.29 is 8.42 Å². The summed E-state index contributed by atoms with van der Waals surface area (Å²) >= 11 is 1.08. The van der Waals surface area contributed by atoms with E-state index in [2.05, 4.69) is 4.72 Å². The summed E-state index contributed by atoms with van der Waals surface area (Å²) in [5, 5.41) is 0. The Kier molecular flexibility index (Phi) is 5.79. The summed E-state index contributed by atoms with van der Waals surface area (Å²) in [5.74, 6) is 0. The third kappa shape index (κ3) is 3.92. The molecule has 0 unspecified atom stereocenters. The van der Waals surface area contributed by atoms with Crippen LogP contribution in [0.4, 0.5) is 0 Å². The zero-order chi connectivity index (χ0) is 20.6. The van der Waals surface area contributed by atoms with Crippen LogP contribution in [0.2, 0.25) is 0 Å². The lowest BCUT2D eigenvalue weighted by molar-refractivity contribution is 0.550. The molecule has 1 heterocycles. The number of fused-ring (bicyclic) bond motifs is 1. The first kappa shape index (κ1) is 20.8. The van der Waals surface area contributed by atoms with Gasteiger partial charge in [-0.3, -0.25) is 9.36 Å². The number of aryl methyl sites for hydroxylation is 2. The average molecular weight is 419 g/mol. The molecule has 150 valence electrons. The Labute approximate surface area is 170 Å². The van der Waals surface area contributed by atoms with Gasteiger partial charge in [0, 0.05) is 12.1 Å². The topological polar surface area (TPSA) is 68.2 Å². The number of nitrogens with one attached hydrogen (secondary N) is 1. The number of sulfonamides is 1. The van der Waals surface area contributed by atoms with Crippen LogP contribution in [0.15, 0.2) is 46.1 Å². The first-order valence-corrected chi connectivity index (χ1v) is 11.7. The van der Waals surface area contributed by atoms with E-state index in [9.17, 15) is 13.2 Å². The molecule has 3 rings (SSSR count). The van der Waals surface area contributed by atoms with Crippen LogP contribution in [0.3, 0.4) is 0 Å². The average Bonchev–Trinajstić information content (AvgIpc) is 2.97. The maximum absolute atomic E-state index is 13.0. The summed E-state index contributed by atoms with van der Waals surface area (Å²) in [6.07, 6.45) is 0.640. The van der Waals surface area contributed by atoms with E-state index in [1.54, 1.807) is 22.8 Å². The second-order valence-electron chi connectivity index (χ2n) is 7.39. The fourth-order valence-corrected chi connectivity index (χ4v) is 5.76. The van der Waals surface area contributed by atoms with E-state index in [1.165, 1.54) is 5.56 Å². The van der Waals surface area contributed by atoms with E-state index in [1.807, 2.05) is 52.8 Å². The molecule has 28 heavy (non-hydrogen) atoms. The van der Waals surface area contributed by atoms with Crippen molar-refractivity contribution in [1.29, 1.82) is 0 Å². The highest BCUT2D eigenvalue weighted by Gasteiger charge is 2.22. The SMILES string of the molecule is CC[C@@H](NS(=O)(=O)c1ccc2c(c1)sc(=O)n2C(C)C)c1ccc(C)c(C)c1. The lowest BCUT2D eigenvalue weighted by atomic mass is 10.0. The monoisotopic (exact) mass is 418 g/mol. The molecular weight excluding hydrogens is 392 g/mol. The minimum absolute atomic E-state index is 0.0241. The van der Waals surface area contributed by atoms with Gasteiger partial charge in [-0.25, -0.2) is 13.1 Å². The van der Waals surface area contributed by atoms with Gasteiger partial charge in [0.15, 0.2) is 0 Å². The van der Waals surface area contributed by atoms with Crippen molar-refractivity contribution in [2.45, 2.75) is 58.0 Å². The molecule has 0 radical (unpaired) electrons. The summed E-state index contributed by atoms with van der Waals surface area (Å²) in [5.41, 5.74) is 4.03. The molecule has 0 saturated carbocycles. The minimum Gasteiger partial charge on any atom is -0.296 e. The summed E-state index contributed by atoms with van der Waals surface area (Å²) < 4.78 is 31.2. The van der Waals surface area contributed by atoms with Crippen LogP contribution >= 0.6 is 11.3 Å². The Morgan fingerprint density at radius 1 is 1.07 bits per heavy atom. The van der Waals surface area contributed by atoms with Crippen molar-refractivity contribution in [1.82, 2.24) is 9.29 Å². The minimum atomic E-state index is -3.71. The molecule has 2 aromatic carbocycles. The van der Waals surface area contributed by atoms with Crippen LogP contribution < -0.4 is 9.60 Å². The third-order valence-corrected chi connectivity index (χ3v) is 7.44. The molecule has 0 amide bonds. The smallest absolute Gasteiger partial charge is 0.296 e. The zero-order valence-corrected chi connectivity index (χ0v) is 18.4. The molecule has 0 spiro atoms. The van der Waals surface area contributed by atoms with Crippen molar-refractivity contribution in [3.63, 3.8) is 0 Å². The van der Waals surface area contributed by atoms with Crippen LogP contribution in [-0.4, -0.2) is 13.0 Å². The number of hydrogen-bond acceptors (Lipinski definition) is 4. The van der Waals surface area contributed by atoms with E-state index in [4.69, 9.17) is 0 Å². The van der Waals surface area contributed by atoms with Crippen LogP contribution in [0.1, 0.15) is 56.0 Å². The van der Waals surface area contributed by atoms with Gasteiger partial charge in [0.2, 0.25) is 10.0 Å². The Morgan fingerprint density at radius 3 is 2.39 bits per heavy atom. The molecule has 0 aliphatic carbocycles. The van der Waals surface area contributed by atoms with Crippen LogP contribution in [0, 0.1) is 13.8 Å². The fourth-order valence-electron chi connectivity index (χ4n) is 3.30. The van der Waals surface area contributed by atoms with Crippen molar-refractivity contribution >= 4 is 31.6 Å². The number of aromatic nitrogens is 1. The highest BCUT2D eigenvalue weighted by atomic mass is 32.2. The van der Waals surface area contributed by atoms with E-state index >= 15 is 0 Å². The maximum atomic E-state index is 13.0. The molecule has 0 bridgehead atoms. The maximum Gasteiger partial charge on any atom is 0.308 e. The predicted molar refractivity (Wildman–Crippen MR) is 116 cm³/mol. The number of thiazole rings is 1. The normalized spacial score (nSPS) is 13.4. The van der Waals surface area contributed by atoms with E-state index < -0.39 is 10.0 Å². The Morgan fingerprint density at radius 2 is 1.79 bits per heavy atom. The molecule has 0 fully saturated rings. The van der Waals surface area contributed by atoms with Crippen molar-refractivity contribution in [2.24, 2.45) is 0 Å². The van der Waals surface area contributed by atoms with Gasteiger partial charge >= 0.3 is 4.87 Å². The Balaban J connectivity index is 1.97. The van der Waals surface area contributed by atoms with Crippen molar-refractivity contribution in [3.8, 4) is 0 Å². The van der Waals surface area contributed by atoms with Gasteiger partial charge in [0.1, 0.15) is 0 Å². The molecule has 0 aliphatic heterocycles. The third-order valence-electron chi connectivity index (χ3n) is 5.05. The number of rotatable bonds is 6. The summed E-state index contributed by atoms with van der Waals surface area (Å²) in [4.78, 5) is 12.3. The van der Waals surface area contributed by atoms with Gasteiger partial charge in [-0.2, -0.15) is 0 Å². The Bertz CT molecular complexity index is 1170. The summed E-state index contributed by atoms with van der Waals surface area (Å²) in [6, 6.07) is 10.6. The highest BCUT2D eigenvalue weighted by Crippen LogP contribution is 2.26. The van der Waals surface area contributed by atoms with E-state index in [0.29, 0.717) is 11.1 Å². The molecule has 3 aromatic rings. The molecule has 0 saturated heterocycles. The van der Waals surface area contributed by atoms with E-state index in [-0.39, 0.29) is 21.9 Å². The Hall–Kier alpha value is -1.96. The second-order valence-corrected chi connectivity index (χ2v) is 10.1.